The molecule has 0 fully saturated rings. The summed E-state index contributed by atoms with van der Waals surface area (Å²) in [6, 6.07) is 3.77. The molecule has 0 radical (unpaired) electrons. The molecule has 0 atom stereocenters. The predicted molar refractivity (Wildman–Crippen MR) is 53.8 cm³/mol. The van der Waals surface area contributed by atoms with Gasteiger partial charge in [-0.1, -0.05) is 6.07 Å². The number of halogens is 3. The second-order valence-electron chi connectivity index (χ2n) is 3.25. The van der Waals surface area contributed by atoms with Crippen molar-refractivity contribution in [2.45, 2.75) is 20.2 Å². The van der Waals surface area contributed by atoms with Crippen LogP contribution in [0.1, 0.15) is 22.8 Å². The van der Waals surface area contributed by atoms with Gasteiger partial charge in [-0.25, -0.2) is 4.79 Å². The molecule has 0 saturated heterocycles. The maximum atomic E-state index is 12.1. The number of aryl methyl sites for hydroxylation is 1. The number of alkyl halides is 3. The third-order valence-corrected chi connectivity index (χ3v) is 1.92. The highest BCUT2D eigenvalue weighted by Gasteiger charge is 2.32. The lowest BCUT2D eigenvalue weighted by atomic mass is 10.1. The topological polar surface area (TPSA) is 35.5 Å². The van der Waals surface area contributed by atoms with E-state index in [1.165, 1.54) is 19.1 Å². The van der Waals surface area contributed by atoms with E-state index in [2.05, 4.69) is 9.47 Å². The van der Waals surface area contributed by atoms with E-state index < -0.39 is 18.1 Å². The molecule has 0 heterocycles. The quantitative estimate of drug-likeness (QED) is 0.771. The van der Waals surface area contributed by atoms with Gasteiger partial charge in [0.05, 0.1) is 12.2 Å². The van der Waals surface area contributed by atoms with Crippen LogP contribution in [0.4, 0.5) is 13.2 Å². The lowest BCUT2D eigenvalue weighted by Crippen LogP contribution is -2.18. The molecule has 1 aromatic carbocycles. The summed E-state index contributed by atoms with van der Waals surface area (Å²) in [5.74, 6) is -1.08. The van der Waals surface area contributed by atoms with Gasteiger partial charge in [0.25, 0.3) is 0 Å². The minimum absolute atomic E-state index is 0.0247. The number of hydrogen-bond donors (Lipinski definition) is 0. The molecule has 3 nitrogen and oxygen atoms in total. The fourth-order valence-electron chi connectivity index (χ4n) is 1.18. The van der Waals surface area contributed by atoms with Crippen molar-refractivity contribution in [1.82, 2.24) is 0 Å². The number of carbonyl (C=O) groups is 1. The molecule has 0 amide bonds. The first-order valence-electron chi connectivity index (χ1n) is 4.87. The van der Waals surface area contributed by atoms with Gasteiger partial charge in [0.15, 0.2) is 0 Å². The molecule has 0 aromatic heterocycles. The zero-order valence-electron chi connectivity index (χ0n) is 9.30. The Labute approximate surface area is 96.1 Å². The predicted octanol–water partition coefficient (Wildman–Crippen LogP) is 3.07. The number of benzene rings is 1. The first-order valence-corrected chi connectivity index (χ1v) is 4.87. The Balaban J connectivity index is 2.98. The van der Waals surface area contributed by atoms with Gasteiger partial charge < -0.3 is 9.47 Å². The van der Waals surface area contributed by atoms with Crippen LogP contribution in [0.25, 0.3) is 0 Å². The molecule has 0 unspecified atom stereocenters. The van der Waals surface area contributed by atoms with E-state index in [-0.39, 0.29) is 17.7 Å². The van der Waals surface area contributed by atoms with E-state index in [1.54, 1.807) is 6.92 Å². The van der Waals surface area contributed by atoms with Crippen LogP contribution < -0.4 is 4.74 Å². The first-order chi connectivity index (χ1) is 7.83. The molecule has 1 aromatic rings. The van der Waals surface area contributed by atoms with Gasteiger partial charge >= 0.3 is 12.3 Å². The molecular weight excluding hydrogens is 237 g/mol. The second-order valence-corrected chi connectivity index (χ2v) is 3.25. The fraction of sp³-hybridized carbons (Fsp3) is 0.364. The van der Waals surface area contributed by atoms with Crippen molar-refractivity contribution in [1.29, 1.82) is 0 Å². The Morgan fingerprint density at radius 3 is 2.53 bits per heavy atom. The van der Waals surface area contributed by atoms with Crippen LogP contribution in [0.15, 0.2) is 18.2 Å². The third-order valence-electron chi connectivity index (χ3n) is 1.92. The lowest BCUT2D eigenvalue weighted by molar-refractivity contribution is -0.274. The van der Waals surface area contributed by atoms with Crippen molar-refractivity contribution in [3.8, 4) is 5.75 Å². The van der Waals surface area contributed by atoms with Gasteiger partial charge in [0.2, 0.25) is 0 Å². The largest absolute Gasteiger partial charge is 0.573 e. The molecule has 0 bridgehead atoms. The Hall–Kier alpha value is -1.72. The van der Waals surface area contributed by atoms with E-state index in [1.807, 2.05) is 0 Å². The lowest BCUT2D eigenvalue weighted by Gasteiger charge is -2.12. The molecule has 1 rings (SSSR count). The van der Waals surface area contributed by atoms with Crippen LogP contribution in [0.5, 0.6) is 5.75 Å². The molecule has 0 aliphatic rings. The van der Waals surface area contributed by atoms with Gasteiger partial charge in [0, 0.05) is 0 Å². The van der Waals surface area contributed by atoms with Crippen molar-refractivity contribution in [3.05, 3.63) is 29.3 Å². The van der Waals surface area contributed by atoms with Crippen molar-refractivity contribution < 1.29 is 27.4 Å². The summed E-state index contributed by atoms with van der Waals surface area (Å²) in [7, 11) is 0. The number of carbonyl (C=O) groups excluding carboxylic acids is 1. The molecular formula is C11H11F3O3. The Kier molecular flexibility index (Phi) is 3.98. The zero-order valence-corrected chi connectivity index (χ0v) is 9.30. The van der Waals surface area contributed by atoms with E-state index >= 15 is 0 Å². The monoisotopic (exact) mass is 248 g/mol. The number of rotatable bonds is 3. The molecule has 94 valence electrons. The smallest absolute Gasteiger partial charge is 0.462 e. The Bertz CT molecular complexity index is 413. The minimum Gasteiger partial charge on any atom is -0.462 e. The average molecular weight is 248 g/mol. The highest BCUT2D eigenvalue weighted by molar-refractivity contribution is 5.90. The molecule has 0 saturated carbocycles. The van der Waals surface area contributed by atoms with Crippen LogP contribution in [-0.2, 0) is 4.74 Å². The van der Waals surface area contributed by atoms with E-state index in [0.29, 0.717) is 0 Å². The summed E-state index contributed by atoms with van der Waals surface area (Å²) in [5.41, 5.74) is 0.312. The van der Waals surface area contributed by atoms with Crippen LogP contribution >= 0.6 is 0 Å². The summed E-state index contributed by atoms with van der Waals surface area (Å²) in [6.07, 6.45) is -4.78. The van der Waals surface area contributed by atoms with E-state index in [9.17, 15) is 18.0 Å². The van der Waals surface area contributed by atoms with E-state index in [4.69, 9.17) is 0 Å². The molecule has 0 aliphatic carbocycles. The molecule has 0 aliphatic heterocycles. The summed E-state index contributed by atoms with van der Waals surface area (Å²) in [4.78, 5) is 11.3. The van der Waals surface area contributed by atoms with Crippen LogP contribution in [0.2, 0.25) is 0 Å². The van der Waals surface area contributed by atoms with E-state index in [0.717, 1.165) is 6.07 Å². The highest BCUT2D eigenvalue weighted by Crippen LogP contribution is 2.27. The molecule has 0 N–H and O–H groups in total. The van der Waals surface area contributed by atoms with Crippen molar-refractivity contribution in [2.24, 2.45) is 0 Å². The van der Waals surface area contributed by atoms with Crippen LogP contribution in [0, 0.1) is 6.92 Å². The highest BCUT2D eigenvalue weighted by atomic mass is 19.4. The zero-order chi connectivity index (χ0) is 13.1. The molecule has 0 spiro atoms. The van der Waals surface area contributed by atoms with Gasteiger partial charge in [-0.05, 0) is 31.5 Å². The van der Waals surface area contributed by atoms with Crippen molar-refractivity contribution in [2.75, 3.05) is 6.61 Å². The molecule has 17 heavy (non-hydrogen) atoms. The average Bonchev–Trinajstić information content (AvgIpc) is 2.19. The fourth-order valence-corrected chi connectivity index (χ4v) is 1.18. The summed E-state index contributed by atoms with van der Waals surface area (Å²) in [6.45, 7) is 3.22. The van der Waals surface area contributed by atoms with Crippen LogP contribution in [0.3, 0.4) is 0 Å². The Morgan fingerprint density at radius 2 is 2.00 bits per heavy atom. The van der Waals surface area contributed by atoms with Gasteiger partial charge in [-0.2, -0.15) is 0 Å². The number of esters is 1. The van der Waals surface area contributed by atoms with Crippen molar-refractivity contribution >= 4 is 5.97 Å². The SMILES string of the molecule is CCOC(=O)c1ccc(C)c(OC(F)(F)F)c1. The van der Waals surface area contributed by atoms with Gasteiger partial charge in [-0.15, -0.1) is 13.2 Å². The standard InChI is InChI=1S/C11H11F3O3/c1-3-16-10(15)8-5-4-7(2)9(6-8)17-11(12,13)14/h4-6H,3H2,1-2H3. The minimum atomic E-state index is -4.78. The first kappa shape index (κ1) is 13.3. The van der Waals surface area contributed by atoms with Gasteiger partial charge in [0.1, 0.15) is 5.75 Å². The van der Waals surface area contributed by atoms with Crippen molar-refractivity contribution in [3.63, 3.8) is 0 Å². The number of hydrogen-bond acceptors (Lipinski definition) is 3. The summed E-state index contributed by atoms with van der Waals surface area (Å²) >= 11 is 0. The second kappa shape index (κ2) is 5.07. The summed E-state index contributed by atoms with van der Waals surface area (Å²) in [5, 5.41) is 0. The maximum Gasteiger partial charge on any atom is 0.573 e. The normalized spacial score (nSPS) is 11.1. The van der Waals surface area contributed by atoms with Gasteiger partial charge in [-0.3, -0.25) is 0 Å². The summed E-state index contributed by atoms with van der Waals surface area (Å²) < 4.78 is 44.7. The van der Waals surface area contributed by atoms with Crippen LogP contribution in [-0.4, -0.2) is 18.9 Å². The number of ether oxygens (including phenoxy) is 2. The molecule has 6 heteroatoms. The maximum absolute atomic E-state index is 12.1. The Morgan fingerprint density at radius 1 is 1.35 bits per heavy atom. The third kappa shape index (κ3) is 3.97.